The molecule has 0 fully saturated rings. The van der Waals surface area contributed by atoms with Gasteiger partial charge in [-0.25, -0.2) is 0 Å². The summed E-state index contributed by atoms with van der Waals surface area (Å²) in [6.45, 7) is 0. The minimum absolute atomic E-state index is 0.0909. The van der Waals surface area contributed by atoms with Crippen LogP contribution >= 0.6 is 46.7 Å². The summed E-state index contributed by atoms with van der Waals surface area (Å²) in [6.07, 6.45) is 4.58. The molecule has 0 radical (unpaired) electrons. The normalized spacial score (nSPS) is 16.4. The predicted molar refractivity (Wildman–Crippen MR) is 127 cm³/mol. The summed E-state index contributed by atoms with van der Waals surface area (Å²) in [4.78, 5) is 52.4. The number of carbonyl (C=O) groups is 4. The second-order valence-corrected chi connectivity index (χ2v) is 9.81. The maximum absolute atomic E-state index is 12.7. The van der Waals surface area contributed by atoms with Crippen LogP contribution in [0.15, 0.2) is 104 Å². The molecular formula is C24H12Cl2O4S2. The molecule has 0 saturated carbocycles. The number of ketones is 4. The summed E-state index contributed by atoms with van der Waals surface area (Å²) >= 11 is 14.1. The molecule has 0 atom stereocenters. The number of allylic oxidation sites excluding steroid dienone is 8. The Hall–Kier alpha value is -2.64. The van der Waals surface area contributed by atoms with Gasteiger partial charge in [0.2, 0.25) is 0 Å². The van der Waals surface area contributed by atoms with Crippen LogP contribution in [-0.2, 0) is 19.2 Å². The highest BCUT2D eigenvalue weighted by atomic mass is 35.5. The van der Waals surface area contributed by atoms with Gasteiger partial charge < -0.3 is 0 Å². The van der Waals surface area contributed by atoms with E-state index in [1.807, 2.05) is 0 Å². The molecule has 4 rings (SSSR count). The van der Waals surface area contributed by atoms with Crippen molar-refractivity contribution >= 4 is 69.9 Å². The minimum atomic E-state index is -0.513. The Kier molecular flexibility index (Phi) is 6.67. The van der Waals surface area contributed by atoms with Crippen LogP contribution in [-0.4, -0.2) is 23.1 Å². The van der Waals surface area contributed by atoms with E-state index in [1.165, 1.54) is 12.2 Å². The van der Waals surface area contributed by atoms with E-state index >= 15 is 0 Å². The SMILES string of the molecule is O=C1C=C(C2=CC(=O)C(Sc3cccc(Cl)c3)=CC2=O)C(=O)C=C1Sc1cccc(Cl)c1. The van der Waals surface area contributed by atoms with Crippen molar-refractivity contribution in [2.45, 2.75) is 9.79 Å². The van der Waals surface area contributed by atoms with Crippen LogP contribution in [0.4, 0.5) is 0 Å². The first-order valence-corrected chi connectivity index (χ1v) is 11.6. The van der Waals surface area contributed by atoms with Crippen LogP contribution in [0.1, 0.15) is 0 Å². The van der Waals surface area contributed by atoms with Crippen LogP contribution in [0.3, 0.4) is 0 Å². The van der Waals surface area contributed by atoms with Crippen molar-refractivity contribution in [3.05, 3.63) is 104 Å². The van der Waals surface area contributed by atoms with E-state index < -0.39 is 23.1 Å². The van der Waals surface area contributed by atoms with Gasteiger partial charge in [-0.1, -0.05) is 58.9 Å². The molecular weight excluding hydrogens is 487 g/mol. The third-order valence-corrected chi connectivity index (χ3v) is 6.96. The van der Waals surface area contributed by atoms with E-state index in [2.05, 4.69) is 0 Å². The van der Waals surface area contributed by atoms with Gasteiger partial charge in [-0.3, -0.25) is 19.2 Å². The number of carbonyl (C=O) groups excluding carboxylic acids is 4. The molecule has 0 N–H and O–H groups in total. The third-order valence-electron chi connectivity index (χ3n) is 4.43. The quantitative estimate of drug-likeness (QED) is 0.485. The second kappa shape index (κ2) is 9.46. The Bertz CT molecular complexity index is 1220. The Morgan fingerprint density at radius 1 is 0.531 bits per heavy atom. The summed E-state index contributed by atoms with van der Waals surface area (Å²) in [5, 5.41) is 1.02. The second-order valence-electron chi connectivity index (χ2n) is 6.71. The van der Waals surface area contributed by atoms with Crippen LogP contribution in [0, 0.1) is 0 Å². The lowest BCUT2D eigenvalue weighted by Gasteiger charge is -2.16. The molecule has 32 heavy (non-hydrogen) atoms. The first kappa shape index (κ1) is 22.6. The highest BCUT2D eigenvalue weighted by Gasteiger charge is 2.30. The zero-order valence-electron chi connectivity index (χ0n) is 16.1. The zero-order chi connectivity index (χ0) is 22.8. The molecule has 158 valence electrons. The maximum Gasteiger partial charge on any atom is 0.193 e. The monoisotopic (exact) mass is 498 g/mol. The molecule has 0 bridgehead atoms. The van der Waals surface area contributed by atoms with E-state index in [-0.39, 0.29) is 21.0 Å². The molecule has 2 aliphatic rings. The molecule has 2 aliphatic carbocycles. The first-order valence-electron chi connectivity index (χ1n) is 9.21. The lowest BCUT2D eigenvalue weighted by Crippen LogP contribution is -2.20. The molecule has 2 aromatic carbocycles. The van der Waals surface area contributed by atoms with Crippen LogP contribution < -0.4 is 0 Å². The van der Waals surface area contributed by atoms with E-state index in [4.69, 9.17) is 23.2 Å². The van der Waals surface area contributed by atoms with Gasteiger partial charge in [0.1, 0.15) is 0 Å². The number of benzene rings is 2. The van der Waals surface area contributed by atoms with Gasteiger partial charge in [-0.2, -0.15) is 0 Å². The number of hydrogen-bond donors (Lipinski definition) is 0. The Morgan fingerprint density at radius 3 is 1.31 bits per heavy atom. The Labute approximate surface area is 202 Å². The van der Waals surface area contributed by atoms with Crippen molar-refractivity contribution in [2.24, 2.45) is 0 Å². The first-order chi connectivity index (χ1) is 15.3. The summed E-state index contributed by atoms with van der Waals surface area (Å²) in [7, 11) is 0. The zero-order valence-corrected chi connectivity index (χ0v) is 19.3. The number of hydrogen-bond acceptors (Lipinski definition) is 6. The van der Waals surface area contributed by atoms with E-state index in [0.717, 1.165) is 35.7 Å². The molecule has 0 unspecified atom stereocenters. The average molecular weight is 499 g/mol. The lowest BCUT2D eigenvalue weighted by molar-refractivity contribution is -0.116. The fourth-order valence-corrected chi connectivity index (χ4v) is 5.31. The van der Waals surface area contributed by atoms with Gasteiger partial charge in [0, 0.05) is 43.1 Å². The van der Waals surface area contributed by atoms with Crippen molar-refractivity contribution < 1.29 is 19.2 Å². The highest BCUT2D eigenvalue weighted by Crippen LogP contribution is 2.35. The smallest absolute Gasteiger partial charge is 0.193 e. The van der Waals surface area contributed by atoms with Crippen molar-refractivity contribution in [1.82, 2.24) is 0 Å². The largest absolute Gasteiger partial charge is 0.289 e. The molecule has 0 amide bonds. The van der Waals surface area contributed by atoms with Crippen molar-refractivity contribution in [1.29, 1.82) is 0 Å². The molecule has 2 aromatic rings. The van der Waals surface area contributed by atoms with Crippen LogP contribution in [0.5, 0.6) is 0 Å². The van der Waals surface area contributed by atoms with Crippen LogP contribution in [0.25, 0.3) is 0 Å². The lowest BCUT2D eigenvalue weighted by atomic mass is 9.90. The molecule has 0 heterocycles. The summed E-state index contributed by atoms with van der Waals surface area (Å²) in [6, 6.07) is 13.8. The highest BCUT2D eigenvalue weighted by molar-refractivity contribution is 8.04. The van der Waals surface area contributed by atoms with Crippen LogP contribution in [0.2, 0.25) is 10.0 Å². The van der Waals surface area contributed by atoms with E-state index in [1.54, 1.807) is 48.5 Å². The Morgan fingerprint density at radius 2 is 0.938 bits per heavy atom. The fourth-order valence-electron chi connectivity index (χ4n) is 2.98. The third kappa shape index (κ3) is 5.05. The molecule has 0 spiro atoms. The summed E-state index contributed by atoms with van der Waals surface area (Å²) < 4.78 is 0. The van der Waals surface area contributed by atoms with Crippen molar-refractivity contribution in [2.75, 3.05) is 0 Å². The molecule has 4 nitrogen and oxygen atoms in total. The fraction of sp³-hybridized carbons (Fsp3) is 0. The molecule has 0 aliphatic heterocycles. The van der Waals surface area contributed by atoms with Gasteiger partial charge in [0.15, 0.2) is 23.1 Å². The average Bonchev–Trinajstić information content (AvgIpc) is 2.73. The Balaban J connectivity index is 1.53. The number of thioether (sulfide) groups is 2. The number of rotatable bonds is 5. The van der Waals surface area contributed by atoms with E-state index in [0.29, 0.717) is 19.8 Å². The summed E-state index contributed by atoms with van der Waals surface area (Å²) in [5.41, 5.74) is -0.182. The molecule has 0 saturated heterocycles. The maximum atomic E-state index is 12.7. The molecule has 0 aromatic heterocycles. The topological polar surface area (TPSA) is 68.3 Å². The minimum Gasteiger partial charge on any atom is -0.289 e. The molecule has 8 heteroatoms. The standard InChI is InChI=1S/C24H12Cl2O4S2/c25-13-3-1-5-15(7-13)31-23-11-19(27)17(9-21(23)29)18-10-22(30)24(12-20(18)28)32-16-6-2-4-14(26)8-16/h1-12H. The van der Waals surface area contributed by atoms with Gasteiger partial charge in [0.25, 0.3) is 0 Å². The number of halogens is 2. The van der Waals surface area contributed by atoms with E-state index in [9.17, 15) is 19.2 Å². The van der Waals surface area contributed by atoms with Gasteiger partial charge in [0.05, 0.1) is 9.81 Å². The van der Waals surface area contributed by atoms with Gasteiger partial charge >= 0.3 is 0 Å². The predicted octanol–water partition coefficient (Wildman–Crippen LogP) is 5.80. The van der Waals surface area contributed by atoms with Gasteiger partial charge in [-0.05, 0) is 48.6 Å². The van der Waals surface area contributed by atoms with Crippen molar-refractivity contribution in [3.8, 4) is 0 Å². The van der Waals surface area contributed by atoms with Crippen molar-refractivity contribution in [3.63, 3.8) is 0 Å². The van der Waals surface area contributed by atoms with Gasteiger partial charge in [-0.15, -0.1) is 0 Å². The summed E-state index contributed by atoms with van der Waals surface area (Å²) in [5.74, 6) is -1.87.